The van der Waals surface area contributed by atoms with E-state index in [1.54, 1.807) is 13.8 Å². The lowest BCUT2D eigenvalue weighted by atomic mass is 9.40. The van der Waals surface area contributed by atoms with Gasteiger partial charge in [0.25, 0.3) is 0 Å². The first-order valence-electron chi connectivity index (χ1n) is 12.9. The van der Waals surface area contributed by atoms with Crippen molar-refractivity contribution >= 4 is 11.8 Å². The third kappa shape index (κ3) is 4.00. The zero-order valence-electron chi connectivity index (χ0n) is 22.5. The van der Waals surface area contributed by atoms with Crippen molar-refractivity contribution in [3.63, 3.8) is 0 Å². The Morgan fingerprint density at radius 2 is 1.80 bits per heavy atom. The molecule has 0 radical (unpaired) electrons. The zero-order valence-corrected chi connectivity index (χ0v) is 22.5. The summed E-state index contributed by atoms with van der Waals surface area (Å²) in [6, 6.07) is 0. The van der Waals surface area contributed by atoms with Crippen molar-refractivity contribution in [2.24, 2.45) is 16.7 Å². The summed E-state index contributed by atoms with van der Waals surface area (Å²) in [6.07, 6.45) is -1.21. The molecule has 1 aliphatic heterocycles. The van der Waals surface area contributed by atoms with Crippen LogP contribution >= 0.6 is 0 Å². The van der Waals surface area contributed by atoms with Crippen LogP contribution in [-0.4, -0.2) is 86.7 Å². The fraction of sp³-hybridized carbons (Fsp3) is 0.852. The Hall–Kier alpha value is -1.32. The molecule has 0 aromatic rings. The first-order chi connectivity index (χ1) is 16.1. The average molecular weight is 496 g/mol. The van der Waals surface area contributed by atoms with E-state index < -0.39 is 63.6 Å². The SMILES string of the molecule is C=C[C@@]1(C)CC(=O)[C@]2(O)[C@@]3(C)[C@@H](O)CCC(C)(C)[C@@H]3[C@H](OC(=O)CCN(CC)CC)[C@H](O)[C@@]2(C)O1. The quantitative estimate of drug-likeness (QED) is 0.364. The minimum absolute atomic E-state index is 0.140. The molecule has 0 spiro atoms. The van der Waals surface area contributed by atoms with Crippen LogP contribution < -0.4 is 0 Å². The molecule has 35 heavy (non-hydrogen) atoms. The summed E-state index contributed by atoms with van der Waals surface area (Å²) in [6.45, 7) is 18.7. The van der Waals surface area contributed by atoms with Gasteiger partial charge < -0.3 is 29.7 Å². The Kier molecular flexibility index (Phi) is 7.43. The van der Waals surface area contributed by atoms with Gasteiger partial charge >= 0.3 is 5.97 Å². The standard InChI is InChI=1S/C27H45NO7/c1-9-24(6)16-18(30)27(33)25(7)17(29)12-14-23(4,5)21(25)20(22(32)26(27,8)35-24)34-19(31)13-15-28(10-2)11-3/h9,17,20-22,29,32-33H,1,10-16H2,2-8H3/t17-,20-,21-,22-,24-,25-,26+,27-/m0/s1. The lowest BCUT2D eigenvalue weighted by Gasteiger charge is -2.71. The molecule has 1 saturated heterocycles. The number of aliphatic hydroxyl groups is 3. The predicted molar refractivity (Wildman–Crippen MR) is 132 cm³/mol. The summed E-state index contributed by atoms with van der Waals surface area (Å²) >= 11 is 0. The topological polar surface area (TPSA) is 117 Å². The van der Waals surface area contributed by atoms with Gasteiger partial charge in [0.15, 0.2) is 11.4 Å². The van der Waals surface area contributed by atoms with E-state index in [0.717, 1.165) is 13.1 Å². The van der Waals surface area contributed by atoms with Gasteiger partial charge in [0.2, 0.25) is 0 Å². The highest BCUT2D eigenvalue weighted by molar-refractivity contribution is 5.92. The molecule has 3 aliphatic rings. The number of ether oxygens (including phenoxy) is 2. The first-order valence-corrected chi connectivity index (χ1v) is 12.9. The van der Waals surface area contributed by atoms with Gasteiger partial charge in [0.05, 0.1) is 18.1 Å². The monoisotopic (exact) mass is 495 g/mol. The Morgan fingerprint density at radius 3 is 2.34 bits per heavy atom. The van der Waals surface area contributed by atoms with E-state index in [1.807, 2.05) is 27.7 Å². The van der Waals surface area contributed by atoms with Gasteiger partial charge in [-0.15, -0.1) is 6.58 Å². The second-order valence-corrected chi connectivity index (χ2v) is 12.0. The maximum absolute atomic E-state index is 13.8. The highest BCUT2D eigenvalue weighted by atomic mass is 16.6. The molecule has 0 unspecified atom stereocenters. The fourth-order valence-corrected chi connectivity index (χ4v) is 7.40. The van der Waals surface area contributed by atoms with Crippen molar-refractivity contribution in [2.75, 3.05) is 19.6 Å². The normalized spacial score (nSPS) is 44.9. The van der Waals surface area contributed by atoms with E-state index in [1.165, 1.54) is 13.0 Å². The minimum Gasteiger partial charge on any atom is -0.459 e. The number of aliphatic hydroxyl groups excluding tert-OH is 2. The molecule has 2 aliphatic carbocycles. The van der Waals surface area contributed by atoms with Crippen molar-refractivity contribution in [2.45, 2.75) is 109 Å². The molecule has 0 aromatic heterocycles. The number of fused-ring (bicyclic) bond motifs is 3. The molecule has 0 amide bonds. The Bertz CT molecular complexity index is 856. The number of Topliss-reactive ketones (excluding diaryl/α,β-unsaturated/α-hetero) is 1. The van der Waals surface area contributed by atoms with Crippen LogP contribution in [0.2, 0.25) is 0 Å². The van der Waals surface area contributed by atoms with E-state index in [2.05, 4.69) is 11.5 Å². The van der Waals surface area contributed by atoms with E-state index in [4.69, 9.17) is 9.47 Å². The second-order valence-electron chi connectivity index (χ2n) is 12.0. The zero-order chi connectivity index (χ0) is 26.6. The number of esters is 1. The van der Waals surface area contributed by atoms with E-state index in [9.17, 15) is 24.9 Å². The van der Waals surface area contributed by atoms with E-state index in [0.29, 0.717) is 19.4 Å². The molecule has 0 bridgehead atoms. The maximum atomic E-state index is 13.8. The third-order valence-electron chi connectivity index (χ3n) is 9.53. The predicted octanol–water partition coefficient (Wildman–Crippen LogP) is 2.23. The number of carbonyl (C=O) groups is 2. The lowest BCUT2D eigenvalue weighted by Crippen LogP contribution is -2.86. The Labute approximate surface area is 209 Å². The van der Waals surface area contributed by atoms with E-state index in [-0.39, 0.29) is 12.8 Å². The van der Waals surface area contributed by atoms with Crippen LogP contribution in [-0.2, 0) is 19.1 Å². The van der Waals surface area contributed by atoms with Crippen molar-refractivity contribution in [3.8, 4) is 0 Å². The Morgan fingerprint density at radius 1 is 1.20 bits per heavy atom. The van der Waals surface area contributed by atoms with Crippen LogP contribution in [0.15, 0.2) is 12.7 Å². The smallest absolute Gasteiger partial charge is 0.307 e. The van der Waals surface area contributed by atoms with E-state index >= 15 is 0 Å². The van der Waals surface area contributed by atoms with Gasteiger partial charge in [-0.2, -0.15) is 0 Å². The molecule has 3 N–H and O–H groups in total. The van der Waals surface area contributed by atoms with Crippen LogP contribution in [0.25, 0.3) is 0 Å². The molecular formula is C27H45NO7. The van der Waals surface area contributed by atoms with Crippen LogP contribution in [0.3, 0.4) is 0 Å². The molecule has 1 heterocycles. The fourth-order valence-electron chi connectivity index (χ4n) is 7.40. The molecule has 8 atom stereocenters. The van der Waals surface area contributed by atoms with Crippen LogP contribution in [0.5, 0.6) is 0 Å². The van der Waals surface area contributed by atoms with Crippen molar-refractivity contribution in [1.29, 1.82) is 0 Å². The van der Waals surface area contributed by atoms with Crippen molar-refractivity contribution in [3.05, 3.63) is 12.7 Å². The summed E-state index contributed by atoms with van der Waals surface area (Å²) in [5.41, 5.74) is -7.14. The maximum Gasteiger partial charge on any atom is 0.307 e. The molecule has 3 fully saturated rings. The van der Waals surface area contributed by atoms with Gasteiger partial charge in [-0.1, -0.05) is 40.7 Å². The second kappa shape index (κ2) is 9.21. The number of hydrogen-bond donors (Lipinski definition) is 3. The van der Waals surface area contributed by atoms with Gasteiger partial charge in [0.1, 0.15) is 17.8 Å². The van der Waals surface area contributed by atoms with Gasteiger partial charge in [-0.3, -0.25) is 9.59 Å². The summed E-state index contributed by atoms with van der Waals surface area (Å²) in [7, 11) is 0. The van der Waals surface area contributed by atoms with Crippen LogP contribution in [0.4, 0.5) is 0 Å². The van der Waals surface area contributed by atoms with Crippen LogP contribution in [0.1, 0.15) is 74.1 Å². The number of nitrogens with zero attached hydrogens (tertiary/aromatic N) is 1. The number of rotatable bonds is 7. The van der Waals surface area contributed by atoms with Crippen molar-refractivity contribution < 1.29 is 34.4 Å². The average Bonchev–Trinajstić information content (AvgIpc) is 2.78. The summed E-state index contributed by atoms with van der Waals surface area (Å²) in [5.74, 6) is -1.67. The first kappa shape index (κ1) is 28.3. The molecule has 200 valence electrons. The lowest BCUT2D eigenvalue weighted by molar-refractivity contribution is -0.370. The summed E-state index contributed by atoms with van der Waals surface area (Å²) in [5, 5.41) is 35.5. The Balaban J connectivity index is 2.12. The molecule has 0 aromatic carbocycles. The molecule has 2 saturated carbocycles. The van der Waals surface area contributed by atoms with Gasteiger partial charge in [-0.25, -0.2) is 0 Å². The van der Waals surface area contributed by atoms with Crippen molar-refractivity contribution in [1.82, 2.24) is 4.90 Å². The molecule has 8 heteroatoms. The number of ketones is 1. The molecule has 3 rings (SSSR count). The largest absolute Gasteiger partial charge is 0.459 e. The summed E-state index contributed by atoms with van der Waals surface area (Å²) in [4.78, 5) is 28.9. The number of carbonyl (C=O) groups excluding carboxylic acids is 2. The van der Waals surface area contributed by atoms with Gasteiger partial charge in [-0.05, 0) is 45.2 Å². The third-order valence-corrected chi connectivity index (χ3v) is 9.53. The number of hydrogen-bond acceptors (Lipinski definition) is 8. The summed E-state index contributed by atoms with van der Waals surface area (Å²) < 4.78 is 12.3. The highest BCUT2D eigenvalue weighted by Gasteiger charge is 2.81. The minimum atomic E-state index is -2.20. The molecule has 8 nitrogen and oxygen atoms in total. The van der Waals surface area contributed by atoms with Gasteiger partial charge in [0, 0.05) is 24.3 Å². The highest BCUT2D eigenvalue weighted by Crippen LogP contribution is 2.67. The van der Waals surface area contributed by atoms with Crippen LogP contribution in [0, 0.1) is 16.7 Å². The molecular weight excluding hydrogens is 450 g/mol.